The summed E-state index contributed by atoms with van der Waals surface area (Å²) < 4.78 is 5.67. The highest BCUT2D eigenvalue weighted by atomic mass is 16.5. The summed E-state index contributed by atoms with van der Waals surface area (Å²) in [5.74, 6) is -2.79. The molecular formula is C16H17NO4. The lowest BCUT2D eigenvalue weighted by Crippen LogP contribution is -2.46. The molecule has 0 aromatic heterocycles. The van der Waals surface area contributed by atoms with E-state index in [0.29, 0.717) is 6.54 Å². The van der Waals surface area contributed by atoms with E-state index in [9.17, 15) is 14.7 Å². The van der Waals surface area contributed by atoms with Crippen LogP contribution in [0.15, 0.2) is 42.5 Å². The van der Waals surface area contributed by atoms with Gasteiger partial charge in [-0.15, -0.1) is 0 Å². The van der Waals surface area contributed by atoms with E-state index in [1.54, 1.807) is 19.1 Å². The number of ether oxygens (including phenoxy) is 1. The molecule has 21 heavy (non-hydrogen) atoms. The molecule has 1 aromatic rings. The normalized spacial score (nSPS) is 33.1. The van der Waals surface area contributed by atoms with E-state index in [4.69, 9.17) is 4.74 Å². The number of fused-ring (bicyclic) bond motifs is 2. The van der Waals surface area contributed by atoms with Crippen LogP contribution in [0.3, 0.4) is 0 Å². The second-order valence-electron chi connectivity index (χ2n) is 5.67. The number of carbonyl (C=O) groups is 2. The van der Waals surface area contributed by atoms with Gasteiger partial charge in [-0.3, -0.25) is 9.59 Å². The topological polar surface area (TPSA) is 75.6 Å². The van der Waals surface area contributed by atoms with E-state index in [1.807, 2.05) is 30.3 Å². The first-order valence-corrected chi connectivity index (χ1v) is 6.93. The summed E-state index contributed by atoms with van der Waals surface area (Å²) in [6.45, 7) is 2.15. The van der Waals surface area contributed by atoms with Crippen molar-refractivity contribution in [1.29, 1.82) is 0 Å². The number of rotatable bonds is 4. The number of benzene rings is 1. The van der Waals surface area contributed by atoms with Crippen LogP contribution in [0.1, 0.15) is 12.5 Å². The van der Waals surface area contributed by atoms with Crippen LogP contribution >= 0.6 is 0 Å². The van der Waals surface area contributed by atoms with Gasteiger partial charge in [0, 0.05) is 6.54 Å². The second-order valence-corrected chi connectivity index (χ2v) is 5.67. The van der Waals surface area contributed by atoms with Crippen molar-refractivity contribution in [2.45, 2.75) is 25.2 Å². The average Bonchev–Trinajstić information content (AvgIpc) is 2.99. The zero-order valence-corrected chi connectivity index (χ0v) is 11.7. The number of hydrogen-bond acceptors (Lipinski definition) is 3. The molecule has 110 valence electrons. The van der Waals surface area contributed by atoms with E-state index in [2.05, 4.69) is 5.32 Å². The Hall–Kier alpha value is -2.14. The molecule has 3 rings (SSSR count). The van der Waals surface area contributed by atoms with Crippen LogP contribution in [-0.4, -0.2) is 28.7 Å². The molecule has 0 saturated carbocycles. The average molecular weight is 287 g/mol. The molecule has 5 nitrogen and oxygen atoms in total. The van der Waals surface area contributed by atoms with E-state index >= 15 is 0 Å². The SMILES string of the molecule is C[C@@]12C=C[C@@H](O1)[C@H](C(=O)O)[C@@H]2C(=O)NCc1ccccc1. The van der Waals surface area contributed by atoms with Gasteiger partial charge in [-0.05, 0) is 12.5 Å². The van der Waals surface area contributed by atoms with Gasteiger partial charge in [-0.1, -0.05) is 42.5 Å². The number of carboxylic acids is 1. The van der Waals surface area contributed by atoms with E-state index in [0.717, 1.165) is 5.56 Å². The monoisotopic (exact) mass is 287 g/mol. The third-order valence-electron chi connectivity index (χ3n) is 4.21. The zero-order valence-electron chi connectivity index (χ0n) is 11.7. The molecule has 2 bridgehead atoms. The third kappa shape index (κ3) is 2.34. The van der Waals surface area contributed by atoms with E-state index in [-0.39, 0.29) is 5.91 Å². The molecule has 0 spiro atoms. The van der Waals surface area contributed by atoms with Crippen molar-refractivity contribution in [3.05, 3.63) is 48.0 Å². The Morgan fingerprint density at radius 2 is 2.05 bits per heavy atom. The first kappa shape index (κ1) is 13.8. The number of amides is 1. The Bertz CT molecular complexity index is 598. The van der Waals surface area contributed by atoms with Crippen molar-refractivity contribution >= 4 is 11.9 Å². The van der Waals surface area contributed by atoms with Crippen molar-refractivity contribution < 1.29 is 19.4 Å². The standard InChI is InChI=1S/C16H17NO4/c1-16-8-7-11(21-16)12(15(19)20)13(16)14(18)17-9-10-5-3-2-4-6-10/h2-8,11-13H,9H2,1H3,(H,17,18)(H,19,20)/t11-,12+,13-,16+/m1/s1. The quantitative estimate of drug-likeness (QED) is 0.820. The molecule has 5 heteroatoms. The van der Waals surface area contributed by atoms with Crippen molar-refractivity contribution in [3.8, 4) is 0 Å². The Kier molecular flexibility index (Phi) is 3.29. The summed E-state index contributed by atoms with van der Waals surface area (Å²) >= 11 is 0. The smallest absolute Gasteiger partial charge is 0.310 e. The second kappa shape index (κ2) is 5.00. The molecule has 0 radical (unpaired) electrons. The van der Waals surface area contributed by atoms with Crippen molar-refractivity contribution in [3.63, 3.8) is 0 Å². The van der Waals surface area contributed by atoms with Gasteiger partial charge in [0.15, 0.2) is 0 Å². The summed E-state index contributed by atoms with van der Waals surface area (Å²) in [4.78, 5) is 23.9. The maximum absolute atomic E-state index is 12.4. The molecule has 2 aliphatic rings. The van der Waals surface area contributed by atoms with E-state index in [1.165, 1.54) is 0 Å². The highest BCUT2D eigenvalue weighted by Gasteiger charge is 2.59. The molecule has 1 saturated heterocycles. The van der Waals surface area contributed by atoms with Gasteiger partial charge in [-0.2, -0.15) is 0 Å². The minimum Gasteiger partial charge on any atom is -0.481 e. The molecule has 1 fully saturated rings. The number of aliphatic carboxylic acids is 1. The fraction of sp³-hybridized carbons (Fsp3) is 0.375. The number of carboxylic acid groups (broad SMARTS) is 1. The Labute approximate surface area is 122 Å². The van der Waals surface area contributed by atoms with Crippen molar-refractivity contribution in [1.82, 2.24) is 5.32 Å². The zero-order chi connectivity index (χ0) is 15.0. The first-order valence-electron chi connectivity index (χ1n) is 6.93. The van der Waals surface area contributed by atoms with Crippen LogP contribution in [0, 0.1) is 11.8 Å². The highest BCUT2D eigenvalue weighted by molar-refractivity contribution is 5.88. The predicted octanol–water partition coefficient (Wildman–Crippen LogP) is 1.35. The molecule has 0 aliphatic carbocycles. The fourth-order valence-electron chi connectivity index (χ4n) is 3.18. The number of hydrogen-bond donors (Lipinski definition) is 2. The first-order chi connectivity index (χ1) is 10.0. The minimum atomic E-state index is -0.993. The lowest BCUT2D eigenvalue weighted by molar-refractivity contribution is -0.147. The molecule has 2 heterocycles. The maximum Gasteiger partial charge on any atom is 0.310 e. The van der Waals surface area contributed by atoms with Crippen LogP contribution in [0.4, 0.5) is 0 Å². The van der Waals surface area contributed by atoms with Gasteiger partial charge in [0.05, 0.1) is 17.6 Å². The third-order valence-corrected chi connectivity index (χ3v) is 4.21. The lowest BCUT2D eigenvalue weighted by atomic mass is 9.75. The van der Waals surface area contributed by atoms with Gasteiger partial charge in [0.25, 0.3) is 0 Å². The molecule has 1 amide bonds. The summed E-state index contributed by atoms with van der Waals surface area (Å²) in [5.41, 5.74) is 0.150. The maximum atomic E-state index is 12.4. The molecule has 0 unspecified atom stereocenters. The van der Waals surface area contributed by atoms with E-state index < -0.39 is 29.5 Å². The van der Waals surface area contributed by atoms with Crippen molar-refractivity contribution in [2.75, 3.05) is 0 Å². The predicted molar refractivity (Wildman–Crippen MR) is 75.3 cm³/mol. The van der Waals surface area contributed by atoms with Crippen LogP contribution in [0.5, 0.6) is 0 Å². The van der Waals surface area contributed by atoms with Gasteiger partial charge in [-0.25, -0.2) is 0 Å². The Morgan fingerprint density at radius 3 is 2.71 bits per heavy atom. The van der Waals surface area contributed by atoms with Gasteiger partial charge in [0.1, 0.15) is 5.92 Å². The summed E-state index contributed by atoms with van der Waals surface area (Å²) in [6.07, 6.45) is 3.02. The van der Waals surface area contributed by atoms with Crippen LogP contribution < -0.4 is 5.32 Å². The van der Waals surface area contributed by atoms with Crippen LogP contribution in [0.2, 0.25) is 0 Å². The largest absolute Gasteiger partial charge is 0.481 e. The van der Waals surface area contributed by atoms with Gasteiger partial charge < -0.3 is 15.2 Å². The number of carbonyl (C=O) groups excluding carboxylic acids is 1. The molecule has 1 aromatic carbocycles. The molecule has 4 atom stereocenters. The minimum absolute atomic E-state index is 0.277. The Balaban J connectivity index is 1.74. The van der Waals surface area contributed by atoms with Crippen LogP contribution in [0.25, 0.3) is 0 Å². The summed E-state index contributed by atoms with van der Waals surface area (Å²) in [6, 6.07) is 9.52. The van der Waals surface area contributed by atoms with Gasteiger partial charge in [0.2, 0.25) is 5.91 Å². The molecule has 2 N–H and O–H groups in total. The van der Waals surface area contributed by atoms with Crippen LogP contribution in [-0.2, 0) is 20.9 Å². The summed E-state index contributed by atoms with van der Waals surface area (Å²) in [7, 11) is 0. The lowest BCUT2D eigenvalue weighted by Gasteiger charge is -2.27. The highest BCUT2D eigenvalue weighted by Crippen LogP contribution is 2.47. The molecule has 2 aliphatic heterocycles. The van der Waals surface area contributed by atoms with Crippen molar-refractivity contribution in [2.24, 2.45) is 11.8 Å². The fourth-order valence-corrected chi connectivity index (χ4v) is 3.18. The van der Waals surface area contributed by atoms with Gasteiger partial charge >= 0.3 is 5.97 Å². The Morgan fingerprint density at radius 1 is 1.33 bits per heavy atom. The summed E-state index contributed by atoms with van der Waals surface area (Å²) in [5, 5.41) is 12.2. The number of nitrogens with one attached hydrogen (secondary N) is 1. The molecular weight excluding hydrogens is 270 g/mol.